The maximum absolute atomic E-state index is 12.1. The number of alkyl halides is 6. The lowest BCUT2D eigenvalue weighted by atomic mass is 10.3. The summed E-state index contributed by atoms with van der Waals surface area (Å²) in [4.78, 5) is 22.3. The number of nitrogens with zero attached hydrogens (tertiary/aromatic N) is 2. The van der Waals surface area contributed by atoms with E-state index in [9.17, 15) is 44.3 Å². The third-order valence-corrected chi connectivity index (χ3v) is 3.84. The number of amides is 2. The molecule has 0 atom stereocenters. The first-order valence-corrected chi connectivity index (χ1v) is 6.13. The third kappa shape index (κ3) is 3.74. The van der Waals surface area contributed by atoms with Crippen molar-refractivity contribution in [1.82, 2.24) is 8.61 Å². The molecular formula is C7H6F6N2O4S. The molecular weight excluding hydrogens is 322 g/mol. The molecule has 1 aliphatic rings. The number of carbonyl (C=O) groups is 2. The summed E-state index contributed by atoms with van der Waals surface area (Å²) in [5, 5.41) is 0. The van der Waals surface area contributed by atoms with Crippen molar-refractivity contribution in [2.24, 2.45) is 0 Å². The Labute approximate surface area is 108 Å². The highest BCUT2D eigenvalue weighted by atomic mass is 32.2. The normalized spacial score (nSPS) is 20.5. The molecule has 1 heterocycles. The highest BCUT2D eigenvalue weighted by Gasteiger charge is 2.50. The topological polar surface area (TPSA) is 74.8 Å². The molecule has 1 rings (SSSR count). The van der Waals surface area contributed by atoms with Gasteiger partial charge in [-0.1, -0.05) is 0 Å². The molecule has 1 aliphatic heterocycles. The second-order valence-electron chi connectivity index (χ2n) is 3.72. The summed E-state index contributed by atoms with van der Waals surface area (Å²) in [5.41, 5.74) is 0. The van der Waals surface area contributed by atoms with Gasteiger partial charge in [-0.2, -0.15) is 34.8 Å². The van der Waals surface area contributed by atoms with Crippen LogP contribution in [-0.4, -0.2) is 54.3 Å². The van der Waals surface area contributed by atoms with E-state index in [2.05, 4.69) is 0 Å². The first-order valence-electron chi connectivity index (χ1n) is 4.73. The zero-order valence-electron chi connectivity index (χ0n) is 9.32. The van der Waals surface area contributed by atoms with E-state index in [0.717, 1.165) is 0 Å². The van der Waals surface area contributed by atoms with Crippen LogP contribution in [0.4, 0.5) is 26.3 Å². The number of halogens is 6. The van der Waals surface area contributed by atoms with E-state index in [1.165, 1.54) is 0 Å². The van der Waals surface area contributed by atoms with Crippen LogP contribution >= 0.6 is 0 Å². The Morgan fingerprint density at radius 3 is 1.40 bits per heavy atom. The Morgan fingerprint density at radius 2 is 1.15 bits per heavy atom. The van der Waals surface area contributed by atoms with Gasteiger partial charge in [0.1, 0.15) is 19.5 Å². The minimum atomic E-state index is -5.50. The zero-order chi connectivity index (χ0) is 15.9. The quantitative estimate of drug-likeness (QED) is 0.544. The smallest absolute Gasteiger partial charge is 0.273 e. The Bertz CT molecular complexity index is 484. The van der Waals surface area contributed by atoms with Crippen LogP contribution in [0.1, 0.15) is 6.42 Å². The van der Waals surface area contributed by atoms with Gasteiger partial charge in [-0.3, -0.25) is 9.59 Å². The summed E-state index contributed by atoms with van der Waals surface area (Å²) >= 11 is 0. The van der Waals surface area contributed by atoms with Crippen molar-refractivity contribution in [2.75, 3.05) is 13.1 Å². The number of rotatable bonds is 2. The third-order valence-electron chi connectivity index (χ3n) is 2.06. The van der Waals surface area contributed by atoms with E-state index in [1.54, 1.807) is 0 Å². The van der Waals surface area contributed by atoms with E-state index < -0.39 is 62.5 Å². The molecule has 116 valence electrons. The van der Waals surface area contributed by atoms with Gasteiger partial charge < -0.3 is 0 Å². The van der Waals surface area contributed by atoms with Crippen LogP contribution in [-0.2, 0) is 19.8 Å². The van der Waals surface area contributed by atoms with Crippen molar-refractivity contribution in [3.8, 4) is 0 Å². The van der Waals surface area contributed by atoms with Gasteiger partial charge in [-0.25, -0.2) is 8.61 Å². The Kier molecular flexibility index (Phi) is 3.95. The van der Waals surface area contributed by atoms with Crippen LogP contribution in [0.3, 0.4) is 0 Å². The second-order valence-corrected chi connectivity index (χ2v) is 5.49. The second kappa shape index (κ2) is 4.79. The maximum atomic E-state index is 12.1. The van der Waals surface area contributed by atoms with Gasteiger partial charge in [0.2, 0.25) is 11.8 Å². The van der Waals surface area contributed by atoms with E-state index in [4.69, 9.17) is 0 Å². The SMILES string of the molecule is O=C1CC(=O)N(CC(F)(F)F)S(=O)(=O)N1CC(F)(F)F. The summed E-state index contributed by atoms with van der Waals surface area (Å²) in [6.07, 6.45) is -11.7. The van der Waals surface area contributed by atoms with Crippen molar-refractivity contribution in [1.29, 1.82) is 0 Å². The minimum Gasteiger partial charge on any atom is -0.273 e. The van der Waals surface area contributed by atoms with Crippen LogP contribution in [0.15, 0.2) is 0 Å². The van der Waals surface area contributed by atoms with Gasteiger partial charge in [0.05, 0.1) is 0 Å². The Hall–Kier alpha value is -1.53. The van der Waals surface area contributed by atoms with E-state index in [0.29, 0.717) is 0 Å². The van der Waals surface area contributed by atoms with Crippen LogP contribution < -0.4 is 0 Å². The Morgan fingerprint density at radius 1 is 0.850 bits per heavy atom. The molecule has 0 unspecified atom stereocenters. The van der Waals surface area contributed by atoms with Crippen molar-refractivity contribution in [3.63, 3.8) is 0 Å². The standard InChI is InChI=1S/C7H6F6N2O4S/c8-6(9,10)2-14-4(16)1-5(17)15(20(14,18)19)3-7(11,12)13/h1-3H2. The van der Waals surface area contributed by atoms with E-state index >= 15 is 0 Å². The van der Waals surface area contributed by atoms with Gasteiger partial charge in [0.15, 0.2) is 0 Å². The molecule has 0 aromatic rings. The van der Waals surface area contributed by atoms with Gasteiger partial charge in [-0.05, 0) is 0 Å². The van der Waals surface area contributed by atoms with Crippen LogP contribution in [0, 0.1) is 0 Å². The van der Waals surface area contributed by atoms with Gasteiger partial charge in [0, 0.05) is 0 Å². The number of hydrogen-bond acceptors (Lipinski definition) is 4. The lowest BCUT2D eigenvalue weighted by Crippen LogP contribution is -2.58. The van der Waals surface area contributed by atoms with Crippen molar-refractivity contribution >= 4 is 22.0 Å². The molecule has 0 aromatic heterocycles. The fourth-order valence-electron chi connectivity index (χ4n) is 1.35. The largest absolute Gasteiger partial charge is 0.407 e. The molecule has 0 radical (unpaired) electrons. The van der Waals surface area contributed by atoms with Gasteiger partial charge >= 0.3 is 22.6 Å². The van der Waals surface area contributed by atoms with Crippen molar-refractivity contribution in [2.45, 2.75) is 18.8 Å². The summed E-state index contributed by atoms with van der Waals surface area (Å²) in [5.74, 6) is -3.46. The average Bonchev–Trinajstić information content (AvgIpc) is 2.17. The molecule has 0 bridgehead atoms. The summed E-state index contributed by atoms with van der Waals surface area (Å²) in [6, 6.07) is 0. The number of carbonyl (C=O) groups excluding carboxylic acids is 2. The fraction of sp³-hybridized carbons (Fsp3) is 0.714. The van der Waals surface area contributed by atoms with Crippen molar-refractivity contribution < 1.29 is 44.3 Å². The monoisotopic (exact) mass is 328 g/mol. The molecule has 0 aliphatic carbocycles. The molecule has 20 heavy (non-hydrogen) atoms. The predicted molar refractivity (Wildman–Crippen MR) is 49.1 cm³/mol. The minimum absolute atomic E-state index is 0.792. The molecule has 0 saturated carbocycles. The maximum Gasteiger partial charge on any atom is 0.407 e. The molecule has 2 amide bonds. The molecule has 13 heteroatoms. The first-order chi connectivity index (χ1) is 8.74. The summed E-state index contributed by atoms with van der Waals surface area (Å²) < 4.78 is 94.2. The fourth-order valence-corrected chi connectivity index (χ4v) is 2.85. The summed E-state index contributed by atoms with van der Waals surface area (Å²) in [6.45, 7) is -4.59. The van der Waals surface area contributed by atoms with Crippen LogP contribution in [0.25, 0.3) is 0 Å². The molecule has 0 spiro atoms. The number of hydrogen-bond donors (Lipinski definition) is 0. The summed E-state index contributed by atoms with van der Waals surface area (Å²) in [7, 11) is -5.50. The van der Waals surface area contributed by atoms with E-state index in [-0.39, 0.29) is 0 Å². The Balaban J connectivity index is 3.16. The predicted octanol–water partition coefficient (Wildman–Crippen LogP) is 0.417. The molecule has 0 aromatic carbocycles. The van der Waals surface area contributed by atoms with Gasteiger partial charge in [-0.15, -0.1) is 0 Å². The van der Waals surface area contributed by atoms with Gasteiger partial charge in [0.25, 0.3) is 0 Å². The highest BCUT2D eigenvalue weighted by molar-refractivity contribution is 7.88. The molecule has 1 saturated heterocycles. The molecule has 0 N–H and O–H groups in total. The highest BCUT2D eigenvalue weighted by Crippen LogP contribution is 2.27. The molecule has 6 nitrogen and oxygen atoms in total. The average molecular weight is 328 g/mol. The zero-order valence-corrected chi connectivity index (χ0v) is 10.1. The lowest BCUT2D eigenvalue weighted by Gasteiger charge is -2.34. The van der Waals surface area contributed by atoms with Crippen molar-refractivity contribution in [3.05, 3.63) is 0 Å². The first kappa shape index (κ1) is 16.5. The molecule has 1 fully saturated rings. The van der Waals surface area contributed by atoms with Crippen LogP contribution in [0.5, 0.6) is 0 Å². The van der Waals surface area contributed by atoms with Crippen LogP contribution in [0.2, 0.25) is 0 Å². The lowest BCUT2D eigenvalue weighted by molar-refractivity contribution is -0.163. The van der Waals surface area contributed by atoms with E-state index in [1.807, 2.05) is 0 Å².